The number of hydrogen-bond donors (Lipinski definition) is 3. The summed E-state index contributed by atoms with van der Waals surface area (Å²) in [6.45, 7) is 4.21. The van der Waals surface area contributed by atoms with Crippen LogP contribution in [0.3, 0.4) is 0 Å². The zero-order valence-corrected chi connectivity index (χ0v) is 13.9. The van der Waals surface area contributed by atoms with Gasteiger partial charge in [-0.2, -0.15) is 9.97 Å². The molecule has 0 bridgehead atoms. The first-order chi connectivity index (χ1) is 11.5. The summed E-state index contributed by atoms with van der Waals surface area (Å²) >= 11 is 0. The summed E-state index contributed by atoms with van der Waals surface area (Å²) in [4.78, 5) is 25.5. The number of nitrogens with one attached hydrogen (secondary N) is 2. The van der Waals surface area contributed by atoms with Crippen molar-refractivity contribution in [2.75, 3.05) is 17.3 Å². The molecule has 0 aliphatic rings. The Labute approximate surface area is 139 Å². The van der Waals surface area contributed by atoms with Crippen LogP contribution in [-0.2, 0) is 0 Å². The van der Waals surface area contributed by atoms with E-state index in [1.807, 2.05) is 19.3 Å². The number of hydrogen-bond acceptors (Lipinski definition) is 5. The molecule has 3 rings (SSSR count). The van der Waals surface area contributed by atoms with Crippen LogP contribution in [0.4, 0.5) is 17.5 Å². The van der Waals surface area contributed by atoms with E-state index >= 15 is 0 Å². The number of carbonyl (C=O) groups excluding carboxylic acids is 1. The number of nitrogens with zero attached hydrogens (tertiary/aromatic N) is 3. The van der Waals surface area contributed by atoms with Gasteiger partial charge in [0.1, 0.15) is 11.5 Å². The molecule has 0 fully saturated rings. The standard InChI is InChI=1S/C17H20N6O/c1-10(2)23(3)16-13-8-9-19-15(13)21-17(22-16)20-12-6-4-11(5-7-12)14(18)24/h4-10H,1-3H3,(H2,18,24)(H2,19,20,21,22). The number of fused-ring (bicyclic) bond motifs is 1. The van der Waals surface area contributed by atoms with E-state index in [-0.39, 0.29) is 0 Å². The van der Waals surface area contributed by atoms with Crippen molar-refractivity contribution in [3.05, 3.63) is 42.1 Å². The molecule has 0 saturated carbocycles. The van der Waals surface area contributed by atoms with Gasteiger partial charge >= 0.3 is 0 Å². The van der Waals surface area contributed by atoms with Gasteiger partial charge in [0.05, 0.1) is 5.39 Å². The molecule has 1 amide bonds. The lowest BCUT2D eigenvalue weighted by Gasteiger charge is -2.23. The Morgan fingerprint density at radius 1 is 1.21 bits per heavy atom. The number of rotatable bonds is 5. The molecule has 0 atom stereocenters. The van der Waals surface area contributed by atoms with E-state index in [0.717, 1.165) is 22.5 Å². The molecule has 1 aromatic carbocycles. The van der Waals surface area contributed by atoms with Gasteiger partial charge in [-0.25, -0.2) is 0 Å². The van der Waals surface area contributed by atoms with E-state index in [1.165, 1.54) is 0 Å². The minimum Gasteiger partial charge on any atom is -0.366 e. The summed E-state index contributed by atoms with van der Waals surface area (Å²) in [6, 6.07) is 9.15. The third-order valence-corrected chi connectivity index (χ3v) is 3.93. The number of aromatic nitrogens is 3. The molecular formula is C17H20N6O. The molecule has 7 nitrogen and oxygen atoms in total. The van der Waals surface area contributed by atoms with Crippen LogP contribution in [0.5, 0.6) is 0 Å². The fourth-order valence-electron chi connectivity index (χ4n) is 2.34. The van der Waals surface area contributed by atoms with E-state index in [4.69, 9.17) is 5.73 Å². The SMILES string of the molecule is CC(C)N(C)c1nc(Nc2ccc(C(N)=O)cc2)nc2[nH]ccc12. The Morgan fingerprint density at radius 2 is 1.92 bits per heavy atom. The van der Waals surface area contributed by atoms with E-state index in [1.54, 1.807) is 24.3 Å². The van der Waals surface area contributed by atoms with Crippen LogP contribution in [0.15, 0.2) is 36.5 Å². The Hall–Kier alpha value is -3.09. The van der Waals surface area contributed by atoms with Gasteiger partial charge in [-0.3, -0.25) is 4.79 Å². The molecule has 24 heavy (non-hydrogen) atoms. The van der Waals surface area contributed by atoms with Crippen molar-refractivity contribution >= 4 is 34.4 Å². The van der Waals surface area contributed by atoms with Crippen molar-refractivity contribution in [3.63, 3.8) is 0 Å². The molecule has 2 heterocycles. The first-order valence-corrected chi connectivity index (χ1v) is 7.70. The zero-order valence-electron chi connectivity index (χ0n) is 13.9. The molecule has 0 saturated heterocycles. The number of nitrogens with two attached hydrogens (primary N) is 1. The Morgan fingerprint density at radius 3 is 2.54 bits per heavy atom. The predicted octanol–water partition coefficient (Wildman–Crippen LogP) is 2.65. The van der Waals surface area contributed by atoms with E-state index in [0.29, 0.717) is 17.6 Å². The molecular weight excluding hydrogens is 304 g/mol. The molecule has 0 unspecified atom stereocenters. The first-order valence-electron chi connectivity index (χ1n) is 7.70. The van der Waals surface area contributed by atoms with Crippen LogP contribution in [-0.4, -0.2) is 33.9 Å². The second kappa shape index (κ2) is 6.19. The highest BCUT2D eigenvalue weighted by molar-refractivity contribution is 5.93. The van der Waals surface area contributed by atoms with Gasteiger partial charge < -0.3 is 20.9 Å². The monoisotopic (exact) mass is 324 g/mol. The smallest absolute Gasteiger partial charge is 0.248 e. The maximum absolute atomic E-state index is 11.1. The molecule has 0 aliphatic heterocycles. The summed E-state index contributed by atoms with van der Waals surface area (Å²) in [7, 11) is 2.00. The average Bonchev–Trinajstić information content (AvgIpc) is 3.02. The van der Waals surface area contributed by atoms with Gasteiger partial charge in [-0.1, -0.05) is 0 Å². The van der Waals surface area contributed by atoms with Gasteiger partial charge in [-0.05, 0) is 44.2 Å². The molecule has 0 radical (unpaired) electrons. The molecule has 0 aliphatic carbocycles. The third-order valence-electron chi connectivity index (χ3n) is 3.93. The predicted molar refractivity (Wildman–Crippen MR) is 95.7 cm³/mol. The first kappa shape index (κ1) is 15.8. The van der Waals surface area contributed by atoms with Crippen LogP contribution in [0.1, 0.15) is 24.2 Å². The van der Waals surface area contributed by atoms with Crippen LogP contribution in [0.2, 0.25) is 0 Å². The summed E-state index contributed by atoms with van der Waals surface area (Å²) in [6.07, 6.45) is 1.85. The summed E-state index contributed by atoms with van der Waals surface area (Å²) < 4.78 is 0. The lowest BCUT2D eigenvalue weighted by atomic mass is 10.2. The summed E-state index contributed by atoms with van der Waals surface area (Å²) in [5.74, 6) is 0.887. The fourth-order valence-corrected chi connectivity index (χ4v) is 2.34. The highest BCUT2D eigenvalue weighted by Gasteiger charge is 2.14. The van der Waals surface area contributed by atoms with Gasteiger partial charge in [0.2, 0.25) is 11.9 Å². The average molecular weight is 324 g/mol. The highest BCUT2D eigenvalue weighted by atomic mass is 16.1. The van der Waals surface area contributed by atoms with Crippen molar-refractivity contribution in [3.8, 4) is 0 Å². The molecule has 3 aromatic rings. The number of primary amides is 1. The normalized spacial score (nSPS) is 11.0. The van der Waals surface area contributed by atoms with Gasteiger partial charge in [0.15, 0.2) is 0 Å². The molecule has 0 spiro atoms. The van der Waals surface area contributed by atoms with Gasteiger partial charge in [0.25, 0.3) is 0 Å². The van der Waals surface area contributed by atoms with Crippen molar-refractivity contribution < 1.29 is 4.79 Å². The minimum absolute atomic E-state index is 0.306. The number of anilines is 3. The number of benzene rings is 1. The quantitative estimate of drug-likeness (QED) is 0.670. The Kier molecular flexibility index (Phi) is 4.07. The molecule has 2 aromatic heterocycles. The fraction of sp³-hybridized carbons (Fsp3) is 0.235. The third kappa shape index (κ3) is 3.01. The molecule has 7 heteroatoms. The molecule has 4 N–H and O–H groups in total. The van der Waals surface area contributed by atoms with Crippen molar-refractivity contribution in [2.45, 2.75) is 19.9 Å². The van der Waals surface area contributed by atoms with E-state index in [9.17, 15) is 4.79 Å². The summed E-state index contributed by atoms with van der Waals surface area (Å²) in [5.41, 5.74) is 7.26. The van der Waals surface area contributed by atoms with Crippen molar-refractivity contribution in [1.82, 2.24) is 15.0 Å². The topological polar surface area (TPSA) is 99.9 Å². The number of aromatic amines is 1. The Balaban J connectivity index is 1.96. The minimum atomic E-state index is -0.452. The van der Waals surface area contributed by atoms with Crippen LogP contribution >= 0.6 is 0 Å². The van der Waals surface area contributed by atoms with Crippen LogP contribution in [0, 0.1) is 0 Å². The second-order valence-electron chi connectivity index (χ2n) is 5.88. The lowest BCUT2D eigenvalue weighted by Crippen LogP contribution is -2.27. The number of amides is 1. The van der Waals surface area contributed by atoms with Gasteiger partial charge in [-0.15, -0.1) is 0 Å². The molecule has 124 valence electrons. The Bertz CT molecular complexity index is 868. The van der Waals surface area contributed by atoms with Crippen molar-refractivity contribution in [1.29, 1.82) is 0 Å². The van der Waals surface area contributed by atoms with Crippen molar-refractivity contribution in [2.24, 2.45) is 5.73 Å². The maximum atomic E-state index is 11.1. The van der Waals surface area contributed by atoms with E-state index in [2.05, 4.69) is 39.0 Å². The maximum Gasteiger partial charge on any atom is 0.248 e. The number of H-pyrrole nitrogens is 1. The van der Waals surface area contributed by atoms with E-state index < -0.39 is 5.91 Å². The summed E-state index contributed by atoms with van der Waals surface area (Å²) in [5, 5.41) is 4.14. The number of carbonyl (C=O) groups is 1. The van der Waals surface area contributed by atoms with Gasteiger partial charge in [0, 0.05) is 30.5 Å². The van der Waals surface area contributed by atoms with Crippen LogP contribution in [0.25, 0.3) is 11.0 Å². The van der Waals surface area contributed by atoms with Crippen LogP contribution < -0.4 is 16.0 Å². The largest absolute Gasteiger partial charge is 0.366 e. The zero-order chi connectivity index (χ0) is 17.3. The highest BCUT2D eigenvalue weighted by Crippen LogP contribution is 2.26. The second-order valence-corrected chi connectivity index (χ2v) is 5.88. The lowest BCUT2D eigenvalue weighted by molar-refractivity contribution is 0.100.